The van der Waals surface area contributed by atoms with Gasteiger partial charge in [0.15, 0.2) is 0 Å². The second kappa shape index (κ2) is 10.9. The van der Waals surface area contributed by atoms with Crippen molar-refractivity contribution in [3.63, 3.8) is 0 Å². The van der Waals surface area contributed by atoms with Gasteiger partial charge in [-0.3, -0.25) is 19.7 Å². The second-order valence-electron chi connectivity index (χ2n) is 8.30. The van der Waals surface area contributed by atoms with Crippen molar-refractivity contribution in [3.8, 4) is 5.75 Å². The molecule has 1 aliphatic rings. The number of piperidine rings is 1. The molecule has 6 nitrogen and oxygen atoms in total. The third kappa shape index (κ3) is 6.14. The molecule has 1 atom stereocenters. The van der Waals surface area contributed by atoms with Crippen LogP contribution in [0.15, 0.2) is 73.1 Å². The summed E-state index contributed by atoms with van der Waals surface area (Å²) in [6.07, 6.45) is 5.64. The van der Waals surface area contributed by atoms with Crippen molar-refractivity contribution in [1.82, 2.24) is 20.2 Å². The molecule has 0 spiro atoms. The average Bonchev–Trinajstić information content (AvgIpc) is 2.84. The highest BCUT2D eigenvalue weighted by Gasteiger charge is 2.29. The molecule has 1 aromatic carbocycles. The van der Waals surface area contributed by atoms with E-state index in [0.29, 0.717) is 12.5 Å². The minimum atomic E-state index is -0.0219. The van der Waals surface area contributed by atoms with Gasteiger partial charge in [0, 0.05) is 25.9 Å². The van der Waals surface area contributed by atoms with Crippen molar-refractivity contribution < 1.29 is 9.53 Å². The van der Waals surface area contributed by atoms with Gasteiger partial charge in [0.2, 0.25) is 5.91 Å². The molecule has 2 aromatic heterocycles. The Hall–Kier alpha value is -3.25. The van der Waals surface area contributed by atoms with E-state index in [2.05, 4.69) is 32.3 Å². The van der Waals surface area contributed by atoms with Crippen LogP contribution in [0.1, 0.15) is 42.8 Å². The van der Waals surface area contributed by atoms with Crippen LogP contribution < -0.4 is 10.1 Å². The molecule has 1 saturated heterocycles. The van der Waals surface area contributed by atoms with E-state index < -0.39 is 0 Å². The molecule has 3 heterocycles. The lowest BCUT2D eigenvalue weighted by atomic mass is 9.87. The first-order chi connectivity index (χ1) is 15.7. The fourth-order valence-corrected chi connectivity index (χ4v) is 4.25. The summed E-state index contributed by atoms with van der Waals surface area (Å²) in [6.45, 7) is 4.98. The Balaban J connectivity index is 1.28. The van der Waals surface area contributed by atoms with Crippen LogP contribution in [-0.4, -0.2) is 33.9 Å². The number of hydrogen-bond acceptors (Lipinski definition) is 5. The normalized spacial score (nSPS) is 15.8. The summed E-state index contributed by atoms with van der Waals surface area (Å²) in [6, 6.07) is 20.0. The van der Waals surface area contributed by atoms with Crippen LogP contribution >= 0.6 is 0 Å². The van der Waals surface area contributed by atoms with Gasteiger partial charge < -0.3 is 10.1 Å². The topological polar surface area (TPSA) is 67.4 Å². The average molecular weight is 431 g/mol. The molecular formula is C26H30N4O2. The molecule has 3 aromatic rings. The summed E-state index contributed by atoms with van der Waals surface area (Å²) < 4.78 is 5.83. The van der Waals surface area contributed by atoms with Crippen LogP contribution in [0.2, 0.25) is 0 Å². The largest absolute Gasteiger partial charge is 0.487 e. The summed E-state index contributed by atoms with van der Waals surface area (Å²) in [7, 11) is 0. The van der Waals surface area contributed by atoms with Gasteiger partial charge in [-0.25, -0.2) is 0 Å². The van der Waals surface area contributed by atoms with Crippen LogP contribution in [-0.2, 0) is 17.9 Å². The Kier molecular flexibility index (Phi) is 7.46. The highest BCUT2D eigenvalue weighted by Crippen LogP contribution is 2.30. The summed E-state index contributed by atoms with van der Waals surface area (Å²) in [4.78, 5) is 23.0. The molecule has 0 bridgehead atoms. The van der Waals surface area contributed by atoms with Crippen molar-refractivity contribution in [2.45, 2.75) is 39.0 Å². The summed E-state index contributed by atoms with van der Waals surface area (Å²) >= 11 is 0. The highest BCUT2D eigenvalue weighted by molar-refractivity contribution is 5.73. The van der Waals surface area contributed by atoms with E-state index in [1.807, 2.05) is 48.5 Å². The number of pyridine rings is 2. The lowest BCUT2D eigenvalue weighted by molar-refractivity contribution is -0.120. The van der Waals surface area contributed by atoms with Crippen LogP contribution in [0.4, 0.5) is 0 Å². The number of likely N-dealkylation sites (tertiary alicyclic amines) is 1. The molecule has 1 N–H and O–H groups in total. The first-order valence-electron chi connectivity index (χ1n) is 11.2. The van der Waals surface area contributed by atoms with Gasteiger partial charge in [-0.15, -0.1) is 0 Å². The molecule has 1 amide bonds. The molecule has 32 heavy (non-hydrogen) atoms. The van der Waals surface area contributed by atoms with E-state index in [4.69, 9.17) is 4.74 Å². The van der Waals surface area contributed by atoms with Crippen LogP contribution in [0.25, 0.3) is 0 Å². The van der Waals surface area contributed by atoms with Gasteiger partial charge >= 0.3 is 0 Å². The Bertz CT molecular complexity index is 972. The Labute approximate surface area is 189 Å². The van der Waals surface area contributed by atoms with E-state index >= 15 is 0 Å². The van der Waals surface area contributed by atoms with E-state index in [-0.39, 0.29) is 11.9 Å². The van der Waals surface area contributed by atoms with E-state index in [1.165, 1.54) is 5.56 Å². The maximum Gasteiger partial charge on any atom is 0.217 e. The maximum absolute atomic E-state index is 11.8. The standard InChI is InChI=1S/C26H30N4O2/c1-20(31)29-26(25-7-3-5-15-28-25)22-12-16-30(17-13-22)18-21-8-10-24(11-9-21)32-19-23-6-2-4-14-27-23/h2-11,14-15,22,26H,12-13,16-19H2,1H3,(H,29,31)/t26-/m1/s1. The van der Waals surface area contributed by atoms with Gasteiger partial charge in [0.05, 0.1) is 17.4 Å². The number of benzene rings is 1. The number of nitrogens with one attached hydrogen (secondary N) is 1. The van der Waals surface area contributed by atoms with Crippen LogP contribution in [0.3, 0.4) is 0 Å². The number of rotatable bonds is 8. The molecule has 4 rings (SSSR count). The number of aromatic nitrogens is 2. The van der Waals surface area contributed by atoms with Crippen LogP contribution in [0, 0.1) is 5.92 Å². The summed E-state index contributed by atoms with van der Waals surface area (Å²) in [5, 5.41) is 3.12. The van der Waals surface area contributed by atoms with E-state index in [0.717, 1.165) is 49.6 Å². The third-order valence-corrected chi connectivity index (χ3v) is 5.91. The third-order valence-electron chi connectivity index (χ3n) is 5.91. The molecule has 1 aliphatic heterocycles. The second-order valence-corrected chi connectivity index (χ2v) is 8.30. The number of carbonyl (C=O) groups is 1. The number of hydrogen-bond donors (Lipinski definition) is 1. The predicted molar refractivity (Wildman–Crippen MR) is 124 cm³/mol. The molecule has 0 radical (unpaired) electrons. The Morgan fingerprint density at radius 3 is 2.38 bits per heavy atom. The van der Waals surface area contributed by atoms with Crippen LogP contribution in [0.5, 0.6) is 5.75 Å². The molecule has 0 saturated carbocycles. The fraction of sp³-hybridized carbons (Fsp3) is 0.346. The van der Waals surface area contributed by atoms with Gasteiger partial charge in [-0.1, -0.05) is 24.3 Å². The molecule has 166 valence electrons. The van der Waals surface area contributed by atoms with Gasteiger partial charge in [0.25, 0.3) is 0 Å². The van der Waals surface area contributed by atoms with Gasteiger partial charge in [0.1, 0.15) is 12.4 Å². The smallest absolute Gasteiger partial charge is 0.217 e. The zero-order chi connectivity index (χ0) is 22.2. The Morgan fingerprint density at radius 1 is 1.03 bits per heavy atom. The number of amides is 1. The summed E-state index contributed by atoms with van der Waals surface area (Å²) in [5.41, 5.74) is 3.14. The number of ether oxygens (including phenoxy) is 1. The van der Waals surface area contributed by atoms with Gasteiger partial charge in [-0.2, -0.15) is 0 Å². The van der Waals surface area contributed by atoms with Gasteiger partial charge in [-0.05, 0) is 73.8 Å². The fourth-order valence-electron chi connectivity index (χ4n) is 4.25. The van der Waals surface area contributed by atoms with Crippen molar-refractivity contribution in [3.05, 3.63) is 90.0 Å². The molecule has 0 unspecified atom stereocenters. The molecular weight excluding hydrogens is 400 g/mol. The predicted octanol–water partition coefficient (Wildman–Crippen LogP) is 4.15. The SMILES string of the molecule is CC(=O)N[C@@H](c1ccccn1)C1CCN(Cc2ccc(OCc3ccccn3)cc2)CC1. The zero-order valence-corrected chi connectivity index (χ0v) is 18.5. The first-order valence-corrected chi connectivity index (χ1v) is 11.2. The van der Waals surface area contributed by atoms with Crippen molar-refractivity contribution in [2.24, 2.45) is 5.92 Å². The highest BCUT2D eigenvalue weighted by atomic mass is 16.5. The van der Waals surface area contributed by atoms with Crippen molar-refractivity contribution >= 4 is 5.91 Å². The maximum atomic E-state index is 11.8. The summed E-state index contributed by atoms with van der Waals surface area (Å²) in [5.74, 6) is 1.24. The molecule has 0 aliphatic carbocycles. The van der Waals surface area contributed by atoms with E-state index in [1.54, 1.807) is 19.3 Å². The minimum Gasteiger partial charge on any atom is -0.487 e. The minimum absolute atomic E-state index is 0.00608. The monoisotopic (exact) mass is 430 g/mol. The molecule has 1 fully saturated rings. The van der Waals surface area contributed by atoms with E-state index in [9.17, 15) is 4.79 Å². The number of carbonyl (C=O) groups excluding carboxylic acids is 1. The first kappa shape index (κ1) is 22.0. The van der Waals surface area contributed by atoms with Crippen molar-refractivity contribution in [1.29, 1.82) is 0 Å². The quantitative estimate of drug-likeness (QED) is 0.582. The number of nitrogens with zero attached hydrogens (tertiary/aromatic N) is 3. The molecule has 6 heteroatoms. The lowest BCUT2D eigenvalue weighted by Crippen LogP contribution is -2.40. The lowest BCUT2D eigenvalue weighted by Gasteiger charge is -2.36. The zero-order valence-electron chi connectivity index (χ0n) is 18.5. The Morgan fingerprint density at radius 2 is 1.75 bits per heavy atom. The van der Waals surface area contributed by atoms with Crippen molar-refractivity contribution in [2.75, 3.05) is 13.1 Å².